The molecule has 2 heteroatoms. The first kappa shape index (κ1) is 17.9. The van der Waals surface area contributed by atoms with Gasteiger partial charge in [0.1, 0.15) is 0 Å². The third kappa shape index (κ3) is 3.70. The lowest BCUT2D eigenvalue weighted by molar-refractivity contribution is 0.259. The fourth-order valence-corrected chi connectivity index (χ4v) is 8.37. The van der Waals surface area contributed by atoms with Crippen molar-refractivity contribution in [2.24, 2.45) is 5.92 Å². The van der Waals surface area contributed by atoms with Gasteiger partial charge in [0, 0.05) is 12.5 Å². The highest BCUT2D eigenvalue weighted by Crippen LogP contribution is 2.37. The monoisotopic (exact) mass is 348 g/mol. The summed E-state index contributed by atoms with van der Waals surface area (Å²) < 4.78 is 6.96. The molecule has 0 saturated heterocycles. The van der Waals surface area contributed by atoms with Crippen LogP contribution in [0.15, 0.2) is 85.0 Å². The van der Waals surface area contributed by atoms with Crippen LogP contribution in [-0.4, -0.2) is 14.9 Å². The minimum atomic E-state index is -2.39. The summed E-state index contributed by atoms with van der Waals surface area (Å²) in [7, 11) is -2.39. The number of hydrogen-bond acceptors (Lipinski definition) is 1. The highest BCUT2D eigenvalue weighted by molar-refractivity contribution is 6.99. The van der Waals surface area contributed by atoms with Crippen LogP contribution in [0.4, 0.5) is 0 Å². The average molecular weight is 349 g/mol. The molecule has 0 N–H and O–H groups in total. The van der Waals surface area contributed by atoms with Gasteiger partial charge in [0.15, 0.2) is 0 Å². The predicted octanol–water partition coefficient (Wildman–Crippen LogP) is 4.70. The Morgan fingerprint density at radius 3 is 1.88 bits per heavy atom. The smallest absolute Gasteiger partial charge is 0.261 e. The van der Waals surface area contributed by atoms with Crippen molar-refractivity contribution in [3.05, 3.63) is 85.0 Å². The zero-order chi connectivity index (χ0) is 17.8. The van der Waals surface area contributed by atoms with Crippen LogP contribution in [0.3, 0.4) is 0 Å². The molecule has 0 spiro atoms. The number of rotatable bonds is 5. The maximum absolute atomic E-state index is 6.96. The molecule has 3 rings (SSSR count). The SMILES string of the molecule is CC(C)(C)[Si](OCC1C=CC=CC1)(c1ccccc1)c1ccccc1. The van der Waals surface area contributed by atoms with Gasteiger partial charge in [-0.15, -0.1) is 0 Å². The Labute approximate surface area is 153 Å². The molecule has 1 unspecified atom stereocenters. The standard InChI is InChI=1S/C23H28OSi/c1-23(2,3)25(21-15-9-5-10-16-21,22-17-11-6-12-18-22)24-19-20-13-7-4-8-14-20/h4-13,15-18,20H,14,19H2,1-3H3. The molecule has 2 aromatic carbocycles. The topological polar surface area (TPSA) is 9.23 Å². The molecule has 1 aliphatic carbocycles. The zero-order valence-corrected chi connectivity index (χ0v) is 16.5. The van der Waals surface area contributed by atoms with Gasteiger partial charge in [0.05, 0.1) is 0 Å². The van der Waals surface area contributed by atoms with Gasteiger partial charge in [-0.1, -0.05) is 106 Å². The molecule has 0 aromatic heterocycles. The summed E-state index contributed by atoms with van der Waals surface area (Å²) >= 11 is 0. The van der Waals surface area contributed by atoms with Gasteiger partial charge in [-0.05, 0) is 21.8 Å². The van der Waals surface area contributed by atoms with Crippen LogP contribution in [0.2, 0.25) is 5.04 Å². The summed E-state index contributed by atoms with van der Waals surface area (Å²) in [6.07, 6.45) is 9.84. The summed E-state index contributed by atoms with van der Waals surface area (Å²) in [5, 5.41) is 2.75. The first-order chi connectivity index (χ1) is 12.0. The lowest BCUT2D eigenvalue weighted by atomic mass is 10.0. The molecule has 130 valence electrons. The van der Waals surface area contributed by atoms with Crippen molar-refractivity contribution in [3.63, 3.8) is 0 Å². The van der Waals surface area contributed by atoms with E-state index in [9.17, 15) is 0 Å². The van der Waals surface area contributed by atoms with E-state index in [2.05, 4.69) is 106 Å². The quantitative estimate of drug-likeness (QED) is 0.712. The van der Waals surface area contributed by atoms with Crippen molar-refractivity contribution in [3.8, 4) is 0 Å². The summed E-state index contributed by atoms with van der Waals surface area (Å²) in [6, 6.07) is 21.7. The van der Waals surface area contributed by atoms with Crippen molar-refractivity contribution in [1.82, 2.24) is 0 Å². The van der Waals surface area contributed by atoms with Crippen molar-refractivity contribution in [2.75, 3.05) is 6.61 Å². The van der Waals surface area contributed by atoms with Crippen LogP contribution in [-0.2, 0) is 4.43 Å². The Bertz CT molecular complexity index is 686. The average Bonchev–Trinajstić information content (AvgIpc) is 2.64. The largest absolute Gasteiger partial charge is 0.407 e. The highest BCUT2D eigenvalue weighted by atomic mass is 28.4. The zero-order valence-electron chi connectivity index (χ0n) is 15.5. The number of benzene rings is 2. The van der Waals surface area contributed by atoms with Gasteiger partial charge < -0.3 is 4.43 Å². The second-order valence-corrected chi connectivity index (χ2v) is 12.1. The molecule has 25 heavy (non-hydrogen) atoms. The molecular formula is C23H28OSi. The van der Waals surface area contributed by atoms with E-state index in [1.54, 1.807) is 0 Å². The van der Waals surface area contributed by atoms with E-state index in [4.69, 9.17) is 4.43 Å². The summed E-state index contributed by atoms with van der Waals surface area (Å²) in [5.41, 5.74) is 0. The van der Waals surface area contributed by atoms with Gasteiger partial charge in [0.25, 0.3) is 8.32 Å². The third-order valence-corrected chi connectivity index (χ3v) is 10.0. The Hall–Kier alpha value is -1.90. The normalized spacial score (nSPS) is 17.6. The van der Waals surface area contributed by atoms with E-state index in [1.165, 1.54) is 10.4 Å². The van der Waals surface area contributed by atoms with E-state index in [-0.39, 0.29) is 5.04 Å². The van der Waals surface area contributed by atoms with E-state index in [1.807, 2.05) is 0 Å². The van der Waals surface area contributed by atoms with Gasteiger partial charge in [-0.3, -0.25) is 0 Å². The maximum Gasteiger partial charge on any atom is 0.261 e. The maximum atomic E-state index is 6.96. The Morgan fingerprint density at radius 1 is 0.880 bits per heavy atom. The van der Waals surface area contributed by atoms with Gasteiger partial charge in [-0.25, -0.2) is 0 Å². The molecule has 1 nitrogen and oxygen atoms in total. The Morgan fingerprint density at radius 2 is 1.44 bits per heavy atom. The Balaban J connectivity index is 2.05. The molecule has 0 fully saturated rings. The van der Waals surface area contributed by atoms with E-state index < -0.39 is 8.32 Å². The molecule has 0 radical (unpaired) electrons. The molecule has 2 aromatic rings. The third-order valence-electron chi connectivity index (χ3n) is 5.00. The lowest BCUT2D eigenvalue weighted by Crippen LogP contribution is -2.66. The number of hydrogen-bond donors (Lipinski definition) is 0. The van der Waals surface area contributed by atoms with Crippen LogP contribution < -0.4 is 10.4 Å². The second kappa shape index (κ2) is 7.55. The molecule has 0 aliphatic heterocycles. The lowest BCUT2D eigenvalue weighted by Gasteiger charge is -2.43. The van der Waals surface area contributed by atoms with Crippen molar-refractivity contribution in [1.29, 1.82) is 0 Å². The Kier molecular flexibility index (Phi) is 5.41. The molecule has 0 amide bonds. The van der Waals surface area contributed by atoms with Crippen molar-refractivity contribution >= 4 is 18.7 Å². The van der Waals surface area contributed by atoms with Crippen LogP contribution >= 0.6 is 0 Å². The molecular weight excluding hydrogens is 320 g/mol. The summed E-state index contributed by atoms with van der Waals surface area (Å²) in [5.74, 6) is 0.464. The van der Waals surface area contributed by atoms with E-state index in [0.29, 0.717) is 5.92 Å². The van der Waals surface area contributed by atoms with Crippen LogP contribution in [0.5, 0.6) is 0 Å². The van der Waals surface area contributed by atoms with E-state index in [0.717, 1.165) is 13.0 Å². The fraction of sp³-hybridized carbons (Fsp3) is 0.304. The van der Waals surface area contributed by atoms with Gasteiger partial charge >= 0.3 is 0 Å². The minimum absolute atomic E-state index is 0.0456. The molecule has 0 heterocycles. The predicted molar refractivity (Wildman–Crippen MR) is 110 cm³/mol. The van der Waals surface area contributed by atoms with Crippen LogP contribution in [0, 0.1) is 5.92 Å². The second-order valence-electron chi connectivity index (χ2n) is 7.78. The summed E-state index contributed by atoms with van der Waals surface area (Å²) in [4.78, 5) is 0. The highest BCUT2D eigenvalue weighted by Gasteiger charge is 2.50. The van der Waals surface area contributed by atoms with Crippen LogP contribution in [0.25, 0.3) is 0 Å². The van der Waals surface area contributed by atoms with E-state index >= 15 is 0 Å². The summed E-state index contributed by atoms with van der Waals surface area (Å²) in [6.45, 7) is 7.76. The van der Waals surface area contributed by atoms with Crippen molar-refractivity contribution in [2.45, 2.75) is 32.2 Å². The molecule has 0 saturated carbocycles. The fourth-order valence-electron chi connectivity index (χ4n) is 3.75. The van der Waals surface area contributed by atoms with Crippen LogP contribution in [0.1, 0.15) is 27.2 Å². The molecule has 1 atom stereocenters. The van der Waals surface area contributed by atoms with Gasteiger partial charge in [-0.2, -0.15) is 0 Å². The van der Waals surface area contributed by atoms with Gasteiger partial charge in [0.2, 0.25) is 0 Å². The number of allylic oxidation sites excluding steroid dienone is 3. The first-order valence-corrected chi connectivity index (χ1v) is 11.0. The first-order valence-electron chi connectivity index (χ1n) is 9.12. The minimum Gasteiger partial charge on any atom is -0.407 e. The molecule has 1 aliphatic rings. The van der Waals surface area contributed by atoms with Crippen molar-refractivity contribution < 1.29 is 4.43 Å². The molecule has 0 bridgehead atoms.